The molecule has 0 aliphatic rings. The maximum Gasteiger partial charge on any atom is 0.437 e. The zero-order chi connectivity index (χ0) is 19.4. The van der Waals surface area contributed by atoms with Crippen LogP contribution < -0.4 is 11.1 Å². The highest BCUT2D eigenvalue weighted by Crippen LogP contribution is 2.14. The minimum Gasteiger partial charge on any atom is -0.451 e. The first-order valence-corrected chi connectivity index (χ1v) is 7.99. The van der Waals surface area contributed by atoms with Gasteiger partial charge >= 0.3 is 11.7 Å². The number of carbonyl (C=O) groups excluding carboxylic acids is 2. The van der Waals surface area contributed by atoms with Gasteiger partial charge in [0, 0.05) is 11.6 Å². The molecule has 0 spiro atoms. The molecule has 140 valence electrons. The summed E-state index contributed by atoms with van der Waals surface area (Å²) in [5.41, 5.74) is 0.595. The third-order valence-corrected chi connectivity index (χ3v) is 3.46. The molecule has 0 saturated heterocycles. The molecule has 0 aliphatic carbocycles. The molecule has 0 aliphatic heterocycles. The van der Waals surface area contributed by atoms with Gasteiger partial charge in [-0.15, -0.1) is 5.10 Å². The van der Waals surface area contributed by atoms with Gasteiger partial charge < -0.3 is 19.0 Å². The van der Waals surface area contributed by atoms with Crippen LogP contribution in [0.5, 0.6) is 0 Å². The van der Waals surface area contributed by atoms with Crippen LogP contribution in [0.2, 0.25) is 0 Å². The van der Waals surface area contributed by atoms with E-state index in [-0.39, 0.29) is 11.7 Å². The van der Waals surface area contributed by atoms with Gasteiger partial charge in [-0.25, -0.2) is 4.79 Å². The molecule has 0 fully saturated rings. The first-order valence-electron chi connectivity index (χ1n) is 7.99. The van der Waals surface area contributed by atoms with Crippen molar-refractivity contribution < 1.29 is 23.3 Å². The highest BCUT2D eigenvalue weighted by Gasteiger charge is 2.21. The summed E-state index contributed by atoms with van der Waals surface area (Å²) in [5.74, 6) is -1.39. The summed E-state index contributed by atoms with van der Waals surface area (Å²) in [6, 6.07) is 10.3. The van der Waals surface area contributed by atoms with Gasteiger partial charge in [0.05, 0.1) is 0 Å². The second-order valence-electron chi connectivity index (χ2n) is 5.64. The number of ether oxygens (including phenoxy) is 1. The summed E-state index contributed by atoms with van der Waals surface area (Å²) in [4.78, 5) is 35.8. The number of nitrogens with one attached hydrogen (secondary N) is 1. The Kier molecular flexibility index (Phi) is 5.15. The normalized spacial score (nSPS) is 11.8. The topological polar surface area (TPSA) is 129 Å². The Morgan fingerprint density at radius 3 is 2.70 bits per heavy atom. The van der Waals surface area contributed by atoms with E-state index in [0.717, 1.165) is 4.68 Å². The van der Waals surface area contributed by atoms with Crippen LogP contribution >= 0.6 is 0 Å². The molecule has 10 heteroatoms. The Labute approximate surface area is 152 Å². The summed E-state index contributed by atoms with van der Waals surface area (Å²) in [7, 11) is 0. The van der Waals surface area contributed by atoms with Crippen molar-refractivity contribution in [1.82, 2.24) is 14.9 Å². The maximum atomic E-state index is 12.0. The number of amides is 1. The Morgan fingerprint density at radius 2 is 2.04 bits per heavy atom. The van der Waals surface area contributed by atoms with E-state index in [4.69, 9.17) is 13.7 Å². The molecule has 1 aromatic carbocycles. The molecular weight excluding hydrogens is 356 g/mol. The first-order chi connectivity index (χ1) is 12.9. The van der Waals surface area contributed by atoms with Gasteiger partial charge in [0.15, 0.2) is 11.9 Å². The minimum atomic E-state index is -1.11. The number of aromatic nitrogens is 3. The number of rotatable bonds is 6. The fourth-order valence-corrected chi connectivity index (χ4v) is 2.17. The third kappa shape index (κ3) is 4.48. The molecule has 0 bridgehead atoms. The minimum absolute atomic E-state index is 0.0839. The van der Waals surface area contributed by atoms with E-state index < -0.39 is 30.3 Å². The zero-order valence-electron chi connectivity index (χ0n) is 14.5. The molecule has 0 unspecified atom stereocenters. The van der Waals surface area contributed by atoms with Crippen LogP contribution in [-0.2, 0) is 20.9 Å². The van der Waals surface area contributed by atoms with Crippen LogP contribution in [0.1, 0.15) is 12.7 Å². The van der Waals surface area contributed by atoms with E-state index in [9.17, 15) is 14.4 Å². The summed E-state index contributed by atoms with van der Waals surface area (Å²) >= 11 is 0. The van der Waals surface area contributed by atoms with E-state index >= 15 is 0 Å². The average molecular weight is 372 g/mol. The summed E-state index contributed by atoms with van der Waals surface area (Å²) in [5, 5.41) is 10.0. The Hall–Kier alpha value is -3.69. The van der Waals surface area contributed by atoms with Gasteiger partial charge in [0.2, 0.25) is 5.89 Å². The van der Waals surface area contributed by atoms with Gasteiger partial charge in [0.1, 0.15) is 12.3 Å². The molecule has 0 saturated carbocycles. The molecule has 10 nitrogen and oxygen atoms in total. The Bertz CT molecular complexity index is 1000. The average Bonchev–Trinajstić information content (AvgIpc) is 3.21. The lowest BCUT2D eigenvalue weighted by Crippen LogP contribution is -2.32. The fraction of sp³-hybridized carbons (Fsp3) is 0.235. The van der Waals surface area contributed by atoms with Gasteiger partial charge in [-0.3, -0.25) is 9.59 Å². The van der Waals surface area contributed by atoms with Gasteiger partial charge in [-0.1, -0.05) is 23.4 Å². The van der Waals surface area contributed by atoms with Crippen molar-refractivity contribution in [2.45, 2.75) is 26.5 Å². The molecular formula is C17H16N4O6. The van der Waals surface area contributed by atoms with Crippen LogP contribution in [0.3, 0.4) is 0 Å². The number of aryl methyl sites for hydroxylation is 1. The number of hydrogen-bond acceptors (Lipinski definition) is 8. The highest BCUT2D eigenvalue weighted by molar-refractivity contribution is 5.94. The van der Waals surface area contributed by atoms with Gasteiger partial charge in [-0.05, 0) is 26.0 Å². The van der Waals surface area contributed by atoms with Crippen molar-refractivity contribution in [2.24, 2.45) is 0 Å². The number of anilines is 1. The number of esters is 1. The monoisotopic (exact) mass is 372 g/mol. The maximum absolute atomic E-state index is 12.0. The predicted octanol–water partition coefficient (Wildman–Crippen LogP) is 1.37. The number of hydrogen-bond donors (Lipinski definition) is 1. The van der Waals surface area contributed by atoms with Crippen LogP contribution in [0, 0.1) is 6.92 Å². The van der Waals surface area contributed by atoms with E-state index in [2.05, 4.69) is 15.6 Å². The second kappa shape index (κ2) is 7.68. The molecule has 3 aromatic rings. The zero-order valence-corrected chi connectivity index (χ0v) is 14.5. The van der Waals surface area contributed by atoms with E-state index in [1.165, 1.54) is 13.0 Å². The number of nitrogens with zero attached hydrogens (tertiary/aromatic N) is 3. The third-order valence-electron chi connectivity index (χ3n) is 3.46. The van der Waals surface area contributed by atoms with Crippen LogP contribution in [-0.4, -0.2) is 32.9 Å². The molecule has 1 atom stereocenters. The molecule has 1 amide bonds. The highest BCUT2D eigenvalue weighted by atomic mass is 16.5. The summed E-state index contributed by atoms with van der Waals surface area (Å²) in [6.07, 6.45) is -1.11. The van der Waals surface area contributed by atoms with Crippen molar-refractivity contribution in [3.05, 3.63) is 52.7 Å². The first kappa shape index (κ1) is 18.1. The molecule has 0 radical (unpaired) electrons. The van der Waals surface area contributed by atoms with E-state index in [1.807, 2.05) is 6.07 Å². The predicted molar refractivity (Wildman–Crippen MR) is 91.6 cm³/mol. The Morgan fingerprint density at radius 1 is 1.30 bits per heavy atom. The van der Waals surface area contributed by atoms with Gasteiger partial charge in [-0.2, -0.15) is 4.68 Å². The standard InChI is InChI=1S/C17H16N4O6/c1-10-8-13(20-27-10)18-15(23)11(2)25-14(22)9-21-17(24)26-16(19-21)12-6-4-3-5-7-12/h3-8,11H,9H2,1-2H3,(H,18,20,23)/t11-/m0/s1. The van der Waals surface area contributed by atoms with Crippen molar-refractivity contribution in [1.29, 1.82) is 0 Å². The van der Waals surface area contributed by atoms with Crippen LogP contribution in [0.4, 0.5) is 5.82 Å². The van der Waals surface area contributed by atoms with Crippen molar-refractivity contribution in [3.63, 3.8) is 0 Å². The molecule has 2 heterocycles. The fourth-order valence-electron chi connectivity index (χ4n) is 2.17. The SMILES string of the molecule is Cc1cc(NC(=O)[C@H](C)OC(=O)Cn2nc(-c3ccccc3)oc2=O)no1. The largest absolute Gasteiger partial charge is 0.451 e. The smallest absolute Gasteiger partial charge is 0.437 e. The lowest BCUT2D eigenvalue weighted by molar-refractivity contribution is -0.154. The second-order valence-corrected chi connectivity index (χ2v) is 5.64. The van der Waals surface area contributed by atoms with Crippen molar-refractivity contribution in [3.8, 4) is 11.5 Å². The van der Waals surface area contributed by atoms with E-state index in [0.29, 0.717) is 11.3 Å². The molecule has 1 N–H and O–H groups in total. The summed E-state index contributed by atoms with van der Waals surface area (Å²) < 4.78 is 15.7. The van der Waals surface area contributed by atoms with Crippen LogP contribution in [0.25, 0.3) is 11.5 Å². The Balaban J connectivity index is 1.59. The quantitative estimate of drug-likeness (QED) is 0.642. The summed E-state index contributed by atoms with van der Waals surface area (Å²) in [6.45, 7) is 2.57. The number of carbonyl (C=O) groups is 2. The van der Waals surface area contributed by atoms with Crippen molar-refractivity contribution in [2.75, 3.05) is 5.32 Å². The lowest BCUT2D eigenvalue weighted by atomic mass is 10.2. The van der Waals surface area contributed by atoms with Gasteiger partial charge in [0.25, 0.3) is 5.91 Å². The van der Waals surface area contributed by atoms with E-state index in [1.54, 1.807) is 31.2 Å². The van der Waals surface area contributed by atoms with Crippen LogP contribution in [0.15, 0.2) is 50.1 Å². The molecule has 3 rings (SSSR count). The molecule has 27 heavy (non-hydrogen) atoms. The number of benzene rings is 1. The van der Waals surface area contributed by atoms with Crippen molar-refractivity contribution >= 4 is 17.7 Å². The molecule has 2 aromatic heterocycles. The lowest BCUT2D eigenvalue weighted by Gasteiger charge is -2.11.